The third kappa shape index (κ3) is 4.64. The topological polar surface area (TPSA) is 44.3 Å². The fourth-order valence-electron chi connectivity index (χ4n) is 3.44. The van der Waals surface area contributed by atoms with Gasteiger partial charge in [0.05, 0.1) is 0 Å². The van der Waals surface area contributed by atoms with E-state index >= 15 is 0 Å². The van der Waals surface area contributed by atoms with Crippen molar-refractivity contribution in [3.63, 3.8) is 0 Å². The maximum Gasteiger partial charge on any atom is 0.128 e. The van der Waals surface area contributed by atoms with E-state index in [4.69, 9.17) is 0 Å². The number of halogens is 1. The number of hydrogen-bond donors (Lipinski definition) is 1. The first kappa shape index (κ1) is 18.4. The molecule has 1 N–H and O–H groups in total. The van der Waals surface area contributed by atoms with Crippen LogP contribution < -0.4 is 15.1 Å². The van der Waals surface area contributed by atoms with Gasteiger partial charge < -0.3 is 15.1 Å². The normalized spacial score (nSPS) is 14.3. The Kier molecular flexibility index (Phi) is 5.77. The minimum atomic E-state index is -0.194. The smallest absolute Gasteiger partial charge is 0.128 e. The molecule has 144 valence electrons. The summed E-state index contributed by atoms with van der Waals surface area (Å²) in [5, 5.41) is 3.47. The van der Waals surface area contributed by atoms with Crippen LogP contribution in [-0.4, -0.2) is 36.1 Å². The van der Waals surface area contributed by atoms with Crippen molar-refractivity contribution in [2.75, 3.05) is 36.0 Å². The van der Waals surface area contributed by atoms with Crippen molar-refractivity contribution in [1.29, 1.82) is 0 Å². The Hall–Kier alpha value is -2.99. The number of nitrogens with one attached hydrogen (secondary N) is 1. The number of piperazine rings is 1. The maximum absolute atomic E-state index is 13.1. The van der Waals surface area contributed by atoms with Gasteiger partial charge in [-0.1, -0.05) is 0 Å². The van der Waals surface area contributed by atoms with Crippen molar-refractivity contribution in [3.05, 3.63) is 84.1 Å². The van der Waals surface area contributed by atoms with Crippen molar-refractivity contribution < 1.29 is 4.39 Å². The lowest BCUT2D eigenvalue weighted by Gasteiger charge is -2.36. The molecule has 1 saturated heterocycles. The Labute approximate surface area is 164 Å². The Balaban J connectivity index is 1.31. The number of benzene rings is 1. The average Bonchev–Trinajstić information content (AvgIpc) is 2.75. The quantitative estimate of drug-likeness (QED) is 0.715. The summed E-state index contributed by atoms with van der Waals surface area (Å²) in [6, 6.07) is 15.0. The maximum atomic E-state index is 13.1. The van der Waals surface area contributed by atoms with E-state index in [2.05, 4.69) is 37.2 Å². The molecule has 0 spiro atoms. The molecule has 0 atom stereocenters. The summed E-state index contributed by atoms with van der Waals surface area (Å²) >= 11 is 0. The van der Waals surface area contributed by atoms with Gasteiger partial charge in [-0.05, 0) is 59.7 Å². The lowest BCUT2D eigenvalue weighted by molar-refractivity contribution is 0.624. The summed E-state index contributed by atoms with van der Waals surface area (Å²) in [5.41, 5.74) is 3.52. The highest BCUT2D eigenvalue weighted by atomic mass is 19.1. The van der Waals surface area contributed by atoms with Crippen LogP contribution in [0.2, 0.25) is 0 Å². The fourth-order valence-corrected chi connectivity index (χ4v) is 3.44. The molecule has 1 aliphatic heterocycles. The van der Waals surface area contributed by atoms with E-state index in [9.17, 15) is 4.39 Å². The minimum Gasteiger partial charge on any atom is -0.368 e. The van der Waals surface area contributed by atoms with E-state index < -0.39 is 0 Å². The van der Waals surface area contributed by atoms with Crippen molar-refractivity contribution in [2.45, 2.75) is 13.1 Å². The number of pyridine rings is 2. The molecule has 0 amide bonds. The predicted octanol–water partition coefficient (Wildman–Crippen LogP) is 3.23. The predicted molar refractivity (Wildman–Crippen MR) is 110 cm³/mol. The molecule has 0 unspecified atom stereocenters. The molecule has 2 aromatic heterocycles. The monoisotopic (exact) mass is 377 g/mol. The molecular weight excluding hydrogens is 353 g/mol. The summed E-state index contributed by atoms with van der Waals surface area (Å²) in [7, 11) is 0. The fraction of sp³-hybridized carbons (Fsp3) is 0.273. The Morgan fingerprint density at radius 1 is 0.786 bits per heavy atom. The van der Waals surface area contributed by atoms with E-state index in [0.717, 1.165) is 50.8 Å². The molecule has 5 nitrogen and oxygen atoms in total. The molecule has 0 bridgehead atoms. The van der Waals surface area contributed by atoms with Crippen molar-refractivity contribution in [2.24, 2.45) is 0 Å². The molecule has 1 aliphatic rings. The van der Waals surface area contributed by atoms with Gasteiger partial charge in [-0.3, -0.25) is 4.98 Å². The van der Waals surface area contributed by atoms with Crippen LogP contribution >= 0.6 is 0 Å². The van der Waals surface area contributed by atoms with Gasteiger partial charge in [-0.15, -0.1) is 0 Å². The van der Waals surface area contributed by atoms with Gasteiger partial charge in [0.15, 0.2) is 0 Å². The van der Waals surface area contributed by atoms with Crippen LogP contribution in [0.5, 0.6) is 0 Å². The Morgan fingerprint density at radius 2 is 1.43 bits per heavy atom. The third-order valence-corrected chi connectivity index (χ3v) is 5.01. The van der Waals surface area contributed by atoms with Crippen molar-refractivity contribution in [1.82, 2.24) is 15.3 Å². The Morgan fingerprint density at radius 3 is 2.18 bits per heavy atom. The van der Waals surface area contributed by atoms with Gasteiger partial charge in [0.1, 0.15) is 11.6 Å². The van der Waals surface area contributed by atoms with Crippen molar-refractivity contribution >= 4 is 11.5 Å². The zero-order chi connectivity index (χ0) is 19.2. The molecule has 1 fully saturated rings. The zero-order valence-corrected chi connectivity index (χ0v) is 15.8. The highest BCUT2D eigenvalue weighted by Crippen LogP contribution is 2.20. The molecule has 1 aromatic carbocycles. The third-order valence-electron chi connectivity index (χ3n) is 5.01. The van der Waals surface area contributed by atoms with E-state index in [1.165, 1.54) is 23.3 Å². The van der Waals surface area contributed by atoms with Gasteiger partial charge in [0, 0.05) is 63.5 Å². The minimum absolute atomic E-state index is 0.194. The highest BCUT2D eigenvalue weighted by molar-refractivity contribution is 5.49. The first-order chi connectivity index (χ1) is 13.8. The van der Waals surface area contributed by atoms with Gasteiger partial charge in [-0.25, -0.2) is 9.37 Å². The first-order valence-corrected chi connectivity index (χ1v) is 9.58. The molecule has 0 saturated carbocycles. The van der Waals surface area contributed by atoms with Crippen LogP contribution in [0.4, 0.5) is 15.9 Å². The lowest BCUT2D eigenvalue weighted by Crippen LogP contribution is -2.46. The van der Waals surface area contributed by atoms with Crippen LogP contribution in [0.15, 0.2) is 67.1 Å². The van der Waals surface area contributed by atoms with Crippen LogP contribution in [0, 0.1) is 5.82 Å². The molecule has 6 heteroatoms. The summed E-state index contributed by atoms with van der Waals surface area (Å²) < 4.78 is 13.1. The van der Waals surface area contributed by atoms with Crippen LogP contribution in [0.1, 0.15) is 11.1 Å². The van der Waals surface area contributed by atoms with E-state index in [0.29, 0.717) is 0 Å². The second kappa shape index (κ2) is 8.80. The first-order valence-electron chi connectivity index (χ1n) is 9.58. The average molecular weight is 377 g/mol. The summed E-state index contributed by atoms with van der Waals surface area (Å²) in [4.78, 5) is 13.2. The van der Waals surface area contributed by atoms with Gasteiger partial charge in [0.2, 0.25) is 0 Å². The van der Waals surface area contributed by atoms with E-state index in [1.807, 2.05) is 42.9 Å². The van der Waals surface area contributed by atoms with Gasteiger partial charge >= 0.3 is 0 Å². The molecule has 28 heavy (non-hydrogen) atoms. The molecule has 4 rings (SSSR count). The lowest BCUT2D eigenvalue weighted by atomic mass is 10.2. The number of aromatic nitrogens is 2. The number of anilines is 2. The van der Waals surface area contributed by atoms with Crippen molar-refractivity contribution in [3.8, 4) is 0 Å². The number of rotatable bonds is 6. The highest BCUT2D eigenvalue weighted by Gasteiger charge is 2.18. The molecule has 0 aliphatic carbocycles. The van der Waals surface area contributed by atoms with Crippen LogP contribution in [0.25, 0.3) is 0 Å². The summed E-state index contributed by atoms with van der Waals surface area (Å²) in [6.45, 7) is 5.22. The standard InChI is InChI=1S/C22H24FN5/c23-20-1-3-21(4-2-20)27-11-13-28(14-12-27)22-15-19(7-10-26-22)17-25-16-18-5-8-24-9-6-18/h1-10,15,25H,11-14,16-17H2. The van der Waals surface area contributed by atoms with E-state index in [-0.39, 0.29) is 5.82 Å². The number of hydrogen-bond acceptors (Lipinski definition) is 5. The number of nitrogens with zero attached hydrogens (tertiary/aromatic N) is 4. The van der Waals surface area contributed by atoms with Gasteiger partial charge in [-0.2, -0.15) is 0 Å². The SMILES string of the molecule is Fc1ccc(N2CCN(c3cc(CNCc4ccncc4)ccn3)CC2)cc1. The van der Waals surface area contributed by atoms with Crippen LogP contribution in [-0.2, 0) is 13.1 Å². The summed E-state index contributed by atoms with van der Waals surface area (Å²) in [6.07, 6.45) is 5.51. The van der Waals surface area contributed by atoms with E-state index in [1.54, 1.807) is 0 Å². The summed E-state index contributed by atoms with van der Waals surface area (Å²) in [5.74, 6) is 0.822. The largest absolute Gasteiger partial charge is 0.368 e. The van der Waals surface area contributed by atoms with Crippen LogP contribution in [0.3, 0.4) is 0 Å². The molecule has 3 aromatic rings. The molecular formula is C22H24FN5. The molecule has 3 heterocycles. The zero-order valence-electron chi connectivity index (χ0n) is 15.8. The molecule has 0 radical (unpaired) electrons. The van der Waals surface area contributed by atoms with Gasteiger partial charge in [0.25, 0.3) is 0 Å². The second-order valence-corrected chi connectivity index (χ2v) is 6.93. The Bertz CT molecular complexity index is 877. The second-order valence-electron chi connectivity index (χ2n) is 6.93.